The Morgan fingerprint density at radius 3 is 2.44 bits per heavy atom. The second-order valence-electron chi connectivity index (χ2n) is 4.32. The molecule has 0 aliphatic heterocycles. The number of halogens is 1. The first kappa shape index (κ1) is 14.8. The van der Waals surface area contributed by atoms with Gasteiger partial charge in [-0.1, -0.05) is 13.8 Å². The van der Waals surface area contributed by atoms with Gasteiger partial charge in [0.15, 0.2) is 4.67 Å². The summed E-state index contributed by atoms with van der Waals surface area (Å²) in [7, 11) is 1.63. The van der Waals surface area contributed by atoms with Crippen LogP contribution in [0.2, 0.25) is 0 Å². The first-order valence-electron chi connectivity index (χ1n) is 5.55. The molecule has 5 nitrogen and oxygen atoms in total. The van der Waals surface area contributed by atoms with Crippen molar-refractivity contribution in [3.05, 3.63) is 22.6 Å². The van der Waals surface area contributed by atoms with Crippen molar-refractivity contribution in [2.45, 2.75) is 20.4 Å². The molecule has 0 saturated carbocycles. The number of carbonyl (C=O) groups excluding carboxylic acids is 1. The lowest BCUT2D eigenvalue weighted by atomic mass is 9.95. The molecule has 2 atom stereocenters. The van der Waals surface area contributed by atoms with Crippen molar-refractivity contribution in [3.8, 4) is 0 Å². The van der Waals surface area contributed by atoms with E-state index in [9.17, 15) is 9.59 Å². The quantitative estimate of drug-likeness (QED) is 0.905. The monoisotopic (exact) mass is 317 g/mol. The first-order chi connectivity index (χ1) is 8.32. The molecule has 0 spiro atoms. The van der Waals surface area contributed by atoms with Gasteiger partial charge in [-0.3, -0.25) is 9.59 Å². The summed E-state index contributed by atoms with van der Waals surface area (Å²) in [6.07, 6.45) is 0. The largest absolute Gasteiger partial charge is 0.481 e. The Bertz CT molecular complexity index is 443. The molecule has 1 amide bonds. The topological polar surface area (TPSA) is 70.8 Å². The van der Waals surface area contributed by atoms with Crippen molar-refractivity contribution in [3.63, 3.8) is 0 Å². The lowest BCUT2D eigenvalue weighted by Gasteiger charge is -2.22. The van der Waals surface area contributed by atoms with Gasteiger partial charge in [-0.05, 0) is 28.1 Å². The standard InChI is InChI=1S/C12H16BrNO4/c1-7(8(2)12(16)17)11(15)14(3)6-9-4-5-10(13)18-9/h4-5,7-8H,6H2,1-3H3,(H,16,17). The van der Waals surface area contributed by atoms with Gasteiger partial charge >= 0.3 is 5.97 Å². The Labute approximate surface area is 114 Å². The minimum absolute atomic E-state index is 0.211. The number of nitrogens with zero attached hydrogens (tertiary/aromatic N) is 1. The highest BCUT2D eigenvalue weighted by Crippen LogP contribution is 2.18. The smallest absolute Gasteiger partial charge is 0.307 e. The third-order valence-corrected chi connectivity index (χ3v) is 3.35. The normalized spacial score (nSPS) is 14.0. The van der Waals surface area contributed by atoms with Gasteiger partial charge in [-0.25, -0.2) is 0 Å². The fourth-order valence-corrected chi connectivity index (χ4v) is 1.86. The van der Waals surface area contributed by atoms with E-state index in [-0.39, 0.29) is 5.91 Å². The minimum atomic E-state index is -0.968. The molecule has 0 aromatic carbocycles. The molecule has 0 saturated heterocycles. The zero-order chi connectivity index (χ0) is 13.9. The van der Waals surface area contributed by atoms with Crippen molar-refractivity contribution in [2.75, 3.05) is 7.05 Å². The number of furan rings is 1. The van der Waals surface area contributed by atoms with Gasteiger partial charge in [-0.2, -0.15) is 0 Å². The lowest BCUT2D eigenvalue weighted by Crippen LogP contribution is -2.36. The molecule has 1 heterocycles. The van der Waals surface area contributed by atoms with Crippen molar-refractivity contribution < 1.29 is 19.1 Å². The Morgan fingerprint density at radius 1 is 1.39 bits per heavy atom. The summed E-state index contributed by atoms with van der Waals surface area (Å²) in [5.74, 6) is -1.80. The van der Waals surface area contributed by atoms with Crippen molar-refractivity contribution >= 4 is 27.8 Å². The molecular weight excluding hydrogens is 302 g/mol. The van der Waals surface area contributed by atoms with Gasteiger partial charge in [-0.15, -0.1) is 0 Å². The van der Waals surface area contributed by atoms with Crippen LogP contribution in [-0.4, -0.2) is 28.9 Å². The molecule has 1 N–H and O–H groups in total. The Kier molecular flexibility index (Phi) is 4.95. The SMILES string of the molecule is CC(C(=O)O)C(C)C(=O)N(C)Cc1ccc(Br)o1. The molecule has 1 aromatic heterocycles. The van der Waals surface area contributed by atoms with Gasteiger partial charge < -0.3 is 14.4 Å². The van der Waals surface area contributed by atoms with Crippen molar-refractivity contribution in [1.29, 1.82) is 0 Å². The predicted octanol–water partition coefficient (Wildman–Crippen LogP) is 2.36. The maximum absolute atomic E-state index is 12.0. The maximum Gasteiger partial charge on any atom is 0.307 e. The molecule has 0 fully saturated rings. The van der Waals surface area contributed by atoms with Gasteiger partial charge in [0.2, 0.25) is 5.91 Å². The molecule has 0 radical (unpaired) electrons. The van der Waals surface area contributed by atoms with Gasteiger partial charge in [0, 0.05) is 13.0 Å². The Hall–Kier alpha value is -1.30. The zero-order valence-corrected chi connectivity index (χ0v) is 12.1. The van der Waals surface area contributed by atoms with Crippen LogP contribution in [-0.2, 0) is 16.1 Å². The molecule has 0 aliphatic carbocycles. The van der Waals surface area contributed by atoms with E-state index >= 15 is 0 Å². The number of hydrogen-bond acceptors (Lipinski definition) is 3. The molecule has 1 aromatic rings. The van der Waals surface area contributed by atoms with Crippen LogP contribution in [0.15, 0.2) is 21.2 Å². The summed E-state index contributed by atoms with van der Waals surface area (Å²) in [6.45, 7) is 3.47. The Balaban J connectivity index is 2.63. The lowest BCUT2D eigenvalue weighted by molar-refractivity contribution is -0.148. The molecule has 6 heteroatoms. The number of rotatable bonds is 5. The predicted molar refractivity (Wildman–Crippen MR) is 68.8 cm³/mol. The van der Waals surface area contributed by atoms with Crippen LogP contribution in [0, 0.1) is 11.8 Å². The highest BCUT2D eigenvalue weighted by atomic mass is 79.9. The van der Waals surface area contributed by atoms with Crippen molar-refractivity contribution in [1.82, 2.24) is 4.90 Å². The van der Waals surface area contributed by atoms with Crippen LogP contribution in [0.1, 0.15) is 19.6 Å². The molecule has 1 rings (SSSR count). The van der Waals surface area contributed by atoms with Crippen LogP contribution in [0.4, 0.5) is 0 Å². The van der Waals surface area contributed by atoms with E-state index in [1.54, 1.807) is 26.1 Å². The number of carboxylic acid groups (broad SMARTS) is 1. The van der Waals surface area contributed by atoms with E-state index in [0.717, 1.165) is 0 Å². The Morgan fingerprint density at radius 2 is 2.00 bits per heavy atom. The van der Waals surface area contributed by atoms with Crippen LogP contribution in [0.3, 0.4) is 0 Å². The van der Waals surface area contributed by atoms with Crippen LogP contribution in [0.5, 0.6) is 0 Å². The van der Waals surface area contributed by atoms with Gasteiger partial charge in [0.25, 0.3) is 0 Å². The first-order valence-corrected chi connectivity index (χ1v) is 6.34. The molecule has 2 unspecified atom stereocenters. The summed E-state index contributed by atoms with van der Waals surface area (Å²) in [4.78, 5) is 24.3. The summed E-state index contributed by atoms with van der Waals surface area (Å²) in [5.41, 5.74) is 0. The summed E-state index contributed by atoms with van der Waals surface area (Å²) < 4.78 is 5.90. The van der Waals surface area contributed by atoms with Gasteiger partial charge in [0.05, 0.1) is 12.5 Å². The van der Waals surface area contributed by atoms with E-state index in [1.165, 1.54) is 11.8 Å². The average molecular weight is 318 g/mol. The van der Waals surface area contributed by atoms with Gasteiger partial charge in [0.1, 0.15) is 5.76 Å². The average Bonchev–Trinajstić information content (AvgIpc) is 2.71. The zero-order valence-electron chi connectivity index (χ0n) is 10.5. The summed E-state index contributed by atoms with van der Waals surface area (Å²) >= 11 is 3.18. The third kappa shape index (κ3) is 3.60. The van der Waals surface area contributed by atoms with Crippen LogP contribution < -0.4 is 0 Å². The fraction of sp³-hybridized carbons (Fsp3) is 0.500. The van der Waals surface area contributed by atoms with Crippen LogP contribution >= 0.6 is 15.9 Å². The molecule has 100 valence electrons. The number of aliphatic carboxylic acids is 1. The minimum Gasteiger partial charge on any atom is -0.481 e. The number of amides is 1. The van der Waals surface area contributed by atoms with E-state index in [1.807, 2.05) is 0 Å². The van der Waals surface area contributed by atoms with Crippen molar-refractivity contribution in [2.24, 2.45) is 11.8 Å². The second kappa shape index (κ2) is 6.04. The van der Waals surface area contributed by atoms with E-state index in [4.69, 9.17) is 9.52 Å². The van der Waals surface area contributed by atoms with E-state index in [2.05, 4.69) is 15.9 Å². The van der Waals surface area contributed by atoms with E-state index < -0.39 is 17.8 Å². The second-order valence-corrected chi connectivity index (χ2v) is 5.10. The maximum atomic E-state index is 12.0. The molecule has 0 aliphatic rings. The highest BCUT2D eigenvalue weighted by Gasteiger charge is 2.28. The number of carbonyl (C=O) groups is 2. The molecular formula is C12H16BrNO4. The summed E-state index contributed by atoms with van der Waals surface area (Å²) in [5, 5.41) is 8.88. The van der Waals surface area contributed by atoms with Crippen LogP contribution in [0.25, 0.3) is 0 Å². The fourth-order valence-electron chi connectivity index (χ4n) is 1.52. The highest BCUT2D eigenvalue weighted by molar-refractivity contribution is 9.10. The third-order valence-electron chi connectivity index (χ3n) is 2.93. The molecule has 18 heavy (non-hydrogen) atoms. The summed E-state index contributed by atoms with van der Waals surface area (Å²) in [6, 6.07) is 3.51. The molecule has 0 bridgehead atoms. The number of hydrogen-bond donors (Lipinski definition) is 1. The number of carboxylic acids is 1. The van der Waals surface area contributed by atoms with E-state index in [0.29, 0.717) is 17.0 Å².